The molecule has 0 aliphatic carbocycles. The normalized spacial score (nSPS) is 14.9. The first-order valence-electron chi connectivity index (χ1n) is 8.56. The number of likely N-dealkylation sites (N-methyl/N-ethyl adjacent to an activating group) is 1. The Morgan fingerprint density at radius 3 is 1.61 bits per heavy atom. The van der Waals surface area contributed by atoms with Gasteiger partial charge in [-0.1, -0.05) is 0 Å². The largest absolute Gasteiger partial charge is 0.361 e. The highest BCUT2D eigenvalue weighted by atomic mass is 19.1. The van der Waals surface area contributed by atoms with Gasteiger partial charge in [0.05, 0.1) is 11.1 Å². The van der Waals surface area contributed by atoms with Crippen molar-refractivity contribution in [2.45, 2.75) is 0 Å². The first-order chi connectivity index (χ1) is 13.5. The summed E-state index contributed by atoms with van der Waals surface area (Å²) in [6.07, 6.45) is 3.17. The smallest absolute Gasteiger partial charge is 0.261 e. The highest BCUT2D eigenvalue weighted by Crippen LogP contribution is 2.40. The molecule has 28 heavy (non-hydrogen) atoms. The van der Waals surface area contributed by atoms with E-state index < -0.39 is 23.4 Å². The summed E-state index contributed by atoms with van der Waals surface area (Å²) in [6.45, 7) is 0. The number of hydrogen-bond donors (Lipinski definition) is 2. The molecule has 0 atom stereocenters. The van der Waals surface area contributed by atoms with E-state index in [2.05, 4.69) is 9.97 Å². The van der Waals surface area contributed by atoms with Crippen LogP contribution >= 0.6 is 0 Å². The quantitative estimate of drug-likeness (QED) is 0.521. The van der Waals surface area contributed by atoms with E-state index in [1.54, 1.807) is 24.5 Å². The van der Waals surface area contributed by atoms with Crippen molar-refractivity contribution in [3.63, 3.8) is 0 Å². The maximum atomic E-state index is 13.8. The number of fused-ring (bicyclic) bond motifs is 2. The summed E-state index contributed by atoms with van der Waals surface area (Å²) in [4.78, 5) is 32.8. The molecule has 1 aliphatic rings. The third-order valence-corrected chi connectivity index (χ3v) is 5.11. The Bertz CT molecular complexity index is 1240. The number of nitrogens with one attached hydrogen (secondary N) is 2. The number of hydrogen-bond acceptors (Lipinski definition) is 2. The predicted molar refractivity (Wildman–Crippen MR) is 101 cm³/mol. The maximum absolute atomic E-state index is 13.8. The molecule has 0 spiro atoms. The Hall–Kier alpha value is -3.74. The second kappa shape index (κ2) is 5.63. The molecule has 2 N–H and O–H groups in total. The lowest BCUT2D eigenvalue weighted by Gasteiger charge is -2.06. The van der Waals surface area contributed by atoms with Crippen molar-refractivity contribution in [3.8, 4) is 0 Å². The Balaban J connectivity index is 1.86. The van der Waals surface area contributed by atoms with Gasteiger partial charge in [0.2, 0.25) is 0 Å². The number of imide groups is 1. The zero-order chi connectivity index (χ0) is 19.6. The molecule has 4 aromatic rings. The lowest BCUT2D eigenvalue weighted by atomic mass is 9.95. The van der Waals surface area contributed by atoms with E-state index in [1.807, 2.05) is 0 Å². The van der Waals surface area contributed by atoms with Gasteiger partial charge in [-0.05, 0) is 36.4 Å². The Morgan fingerprint density at radius 1 is 0.750 bits per heavy atom. The number of H-pyrrole nitrogens is 2. The van der Waals surface area contributed by atoms with Crippen molar-refractivity contribution >= 4 is 44.8 Å². The van der Waals surface area contributed by atoms with Gasteiger partial charge in [-0.15, -0.1) is 0 Å². The molecule has 0 saturated heterocycles. The SMILES string of the molecule is CN1C(=O)C(c2c[nH]c3ccc(F)cc23)=C(c2c[nH]c3ccc(F)cc23)C1=O. The van der Waals surface area contributed by atoms with Crippen LogP contribution < -0.4 is 0 Å². The number of carbonyl (C=O) groups is 2. The standard InChI is InChI=1S/C21H13F2N3O2/c1-26-20(27)18(14-8-24-16-4-2-10(22)6-12(14)16)19(21(26)28)15-9-25-17-5-3-11(23)7-13(15)17/h2-9,24-25H,1H3. The third-order valence-electron chi connectivity index (χ3n) is 5.11. The number of aromatic amines is 2. The van der Waals surface area contributed by atoms with Crippen LogP contribution in [0.25, 0.3) is 33.0 Å². The molecule has 2 aromatic carbocycles. The van der Waals surface area contributed by atoms with Gasteiger partial charge in [-0.3, -0.25) is 14.5 Å². The fraction of sp³-hybridized carbons (Fsp3) is 0.0476. The van der Waals surface area contributed by atoms with Crippen molar-refractivity contribution in [2.24, 2.45) is 0 Å². The minimum atomic E-state index is -0.490. The van der Waals surface area contributed by atoms with Gasteiger partial charge >= 0.3 is 0 Å². The first-order valence-corrected chi connectivity index (χ1v) is 8.56. The molecule has 5 nitrogen and oxygen atoms in total. The van der Waals surface area contributed by atoms with Crippen LogP contribution in [-0.4, -0.2) is 33.7 Å². The minimum absolute atomic E-state index is 0.162. The molecule has 2 amide bonds. The van der Waals surface area contributed by atoms with Gasteiger partial charge in [-0.2, -0.15) is 0 Å². The van der Waals surface area contributed by atoms with Crippen molar-refractivity contribution in [2.75, 3.05) is 7.05 Å². The van der Waals surface area contributed by atoms with Gasteiger partial charge < -0.3 is 9.97 Å². The Kier molecular flexibility index (Phi) is 3.30. The molecule has 0 bridgehead atoms. The summed E-state index contributed by atoms with van der Waals surface area (Å²) in [6, 6.07) is 8.40. The monoisotopic (exact) mass is 377 g/mol. The first kappa shape index (κ1) is 16.4. The van der Waals surface area contributed by atoms with Crippen molar-refractivity contribution < 1.29 is 18.4 Å². The van der Waals surface area contributed by atoms with Crippen LogP contribution in [0.1, 0.15) is 11.1 Å². The van der Waals surface area contributed by atoms with Gasteiger partial charge in [0.15, 0.2) is 0 Å². The van der Waals surface area contributed by atoms with Crippen LogP contribution in [-0.2, 0) is 9.59 Å². The summed E-state index contributed by atoms with van der Waals surface area (Å²) in [5, 5.41) is 0.991. The van der Waals surface area contributed by atoms with E-state index in [0.717, 1.165) is 4.90 Å². The average molecular weight is 377 g/mol. The second-order valence-electron chi connectivity index (χ2n) is 6.70. The van der Waals surface area contributed by atoms with Crippen molar-refractivity contribution in [1.82, 2.24) is 14.9 Å². The molecule has 5 rings (SSSR count). The van der Waals surface area contributed by atoms with E-state index in [4.69, 9.17) is 0 Å². The highest BCUT2D eigenvalue weighted by Gasteiger charge is 2.39. The molecular formula is C21H13F2N3O2. The van der Waals surface area contributed by atoms with Gasteiger partial charge in [0.1, 0.15) is 11.6 Å². The van der Waals surface area contributed by atoms with Crippen LogP contribution in [0.15, 0.2) is 48.8 Å². The number of halogens is 2. The van der Waals surface area contributed by atoms with E-state index >= 15 is 0 Å². The topological polar surface area (TPSA) is 69.0 Å². The summed E-state index contributed by atoms with van der Waals surface area (Å²) in [5.74, 6) is -1.88. The number of amides is 2. The summed E-state index contributed by atoms with van der Waals surface area (Å²) in [7, 11) is 1.39. The predicted octanol–water partition coefficient (Wildman–Crippen LogP) is 3.84. The number of aromatic nitrogens is 2. The fourth-order valence-corrected chi connectivity index (χ4v) is 3.74. The van der Waals surface area contributed by atoms with Crippen molar-refractivity contribution in [3.05, 3.63) is 71.6 Å². The molecule has 138 valence electrons. The van der Waals surface area contributed by atoms with E-state index in [9.17, 15) is 18.4 Å². The highest BCUT2D eigenvalue weighted by molar-refractivity contribution is 6.50. The molecule has 2 aromatic heterocycles. The Morgan fingerprint density at radius 2 is 1.18 bits per heavy atom. The molecule has 3 heterocycles. The van der Waals surface area contributed by atoms with Crippen LogP contribution in [0.3, 0.4) is 0 Å². The fourth-order valence-electron chi connectivity index (χ4n) is 3.74. The molecule has 0 unspecified atom stereocenters. The van der Waals surface area contributed by atoms with E-state index in [0.29, 0.717) is 32.9 Å². The van der Waals surface area contributed by atoms with Gasteiger partial charge in [0, 0.05) is 52.4 Å². The van der Waals surface area contributed by atoms with Crippen LogP contribution in [0.5, 0.6) is 0 Å². The molecular weight excluding hydrogens is 364 g/mol. The third kappa shape index (κ3) is 2.16. The van der Waals surface area contributed by atoms with Crippen LogP contribution in [0, 0.1) is 11.6 Å². The summed E-state index contributed by atoms with van der Waals surface area (Å²) >= 11 is 0. The lowest BCUT2D eigenvalue weighted by Crippen LogP contribution is -2.26. The summed E-state index contributed by atoms with van der Waals surface area (Å²) < 4.78 is 27.6. The molecule has 0 fully saturated rings. The van der Waals surface area contributed by atoms with E-state index in [1.165, 1.54) is 31.3 Å². The zero-order valence-corrected chi connectivity index (χ0v) is 14.6. The average Bonchev–Trinajstić information content (AvgIpc) is 3.32. The van der Waals surface area contributed by atoms with Crippen molar-refractivity contribution in [1.29, 1.82) is 0 Å². The van der Waals surface area contributed by atoms with Gasteiger partial charge in [-0.25, -0.2) is 8.78 Å². The summed E-state index contributed by atoms with van der Waals surface area (Å²) in [5.41, 5.74) is 2.46. The number of carbonyl (C=O) groups excluding carboxylic acids is 2. The van der Waals surface area contributed by atoms with Crippen LogP contribution in [0.2, 0.25) is 0 Å². The second-order valence-corrected chi connectivity index (χ2v) is 6.70. The molecule has 0 radical (unpaired) electrons. The number of nitrogens with zero attached hydrogens (tertiary/aromatic N) is 1. The zero-order valence-electron chi connectivity index (χ0n) is 14.6. The van der Waals surface area contributed by atoms with Gasteiger partial charge in [0.25, 0.3) is 11.8 Å². The van der Waals surface area contributed by atoms with Crippen LogP contribution in [0.4, 0.5) is 8.78 Å². The molecule has 1 aliphatic heterocycles. The number of rotatable bonds is 2. The lowest BCUT2D eigenvalue weighted by molar-refractivity contribution is -0.134. The van der Waals surface area contributed by atoms with E-state index in [-0.39, 0.29) is 11.1 Å². The Labute approximate surface area is 157 Å². The molecule has 0 saturated carbocycles. The molecule has 7 heteroatoms. The maximum Gasteiger partial charge on any atom is 0.261 e. The minimum Gasteiger partial charge on any atom is -0.361 e. The number of benzene rings is 2.